The van der Waals surface area contributed by atoms with E-state index in [0.717, 1.165) is 21.9 Å². The summed E-state index contributed by atoms with van der Waals surface area (Å²) < 4.78 is 5.34. The molecule has 0 aliphatic carbocycles. The highest BCUT2D eigenvalue weighted by Crippen LogP contribution is 2.29. The van der Waals surface area contributed by atoms with Gasteiger partial charge in [0.1, 0.15) is 17.7 Å². The van der Waals surface area contributed by atoms with Gasteiger partial charge in [0, 0.05) is 18.7 Å². The summed E-state index contributed by atoms with van der Waals surface area (Å²) in [6, 6.07) is 16.3. The van der Waals surface area contributed by atoms with Gasteiger partial charge in [-0.05, 0) is 75.1 Å². The number of anilines is 1. The number of hydrogen-bond donors (Lipinski definition) is 4. The minimum atomic E-state index is -1.25. The van der Waals surface area contributed by atoms with E-state index in [4.69, 9.17) is 10.5 Å². The fourth-order valence-electron chi connectivity index (χ4n) is 4.73. The second-order valence-corrected chi connectivity index (χ2v) is 11.3. The van der Waals surface area contributed by atoms with Crippen LogP contribution in [-0.4, -0.2) is 58.6 Å². The molecule has 2 atom stereocenters. The molecule has 10 heteroatoms. The Labute approximate surface area is 246 Å². The van der Waals surface area contributed by atoms with Crippen molar-refractivity contribution in [3.8, 4) is 0 Å². The summed E-state index contributed by atoms with van der Waals surface area (Å²) in [6.07, 6.45) is -1.18. The number of carbonyl (C=O) groups is 4. The summed E-state index contributed by atoms with van der Waals surface area (Å²) in [4.78, 5) is 53.6. The van der Waals surface area contributed by atoms with Crippen molar-refractivity contribution in [3.05, 3.63) is 77.4 Å². The average Bonchev–Trinajstić information content (AvgIpc) is 2.90. The summed E-state index contributed by atoms with van der Waals surface area (Å²) in [7, 11) is 0. The van der Waals surface area contributed by atoms with Gasteiger partial charge in [0.15, 0.2) is 0 Å². The van der Waals surface area contributed by atoms with Crippen LogP contribution < -0.4 is 16.4 Å². The van der Waals surface area contributed by atoms with Gasteiger partial charge < -0.3 is 31.1 Å². The highest BCUT2D eigenvalue weighted by Gasteiger charge is 2.37. The molecule has 0 aliphatic rings. The summed E-state index contributed by atoms with van der Waals surface area (Å²) in [5.41, 5.74) is 7.32. The monoisotopic (exact) mass is 576 g/mol. The van der Waals surface area contributed by atoms with E-state index in [0.29, 0.717) is 11.3 Å². The van der Waals surface area contributed by atoms with Crippen LogP contribution in [0.2, 0.25) is 0 Å². The Hall–Kier alpha value is -4.44. The largest absolute Gasteiger partial charge is 0.444 e. The molecule has 0 fully saturated rings. The van der Waals surface area contributed by atoms with Crippen molar-refractivity contribution >= 4 is 40.3 Å². The predicted molar refractivity (Wildman–Crippen MR) is 162 cm³/mol. The lowest BCUT2D eigenvalue weighted by molar-refractivity contribution is -0.141. The third-order valence-corrected chi connectivity index (χ3v) is 6.59. The first kappa shape index (κ1) is 32.1. The topological polar surface area (TPSA) is 151 Å². The van der Waals surface area contributed by atoms with Crippen LogP contribution in [0.3, 0.4) is 0 Å². The predicted octanol–water partition coefficient (Wildman–Crippen LogP) is 4.12. The Balaban J connectivity index is 2.04. The lowest BCUT2D eigenvalue weighted by Gasteiger charge is -2.34. The zero-order valence-corrected chi connectivity index (χ0v) is 24.8. The molecule has 3 aromatic carbocycles. The van der Waals surface area contributed by atoms with Crippen molar-refractivity contribution in [3.63, 3.8) is 0 Å². The Bertz CT molecular complexity index is 1450. The van der Waals surface area contributed by atoms with Crippen LogP contribution in [0.4, 0.5) is 10.5 Å². The summed E-state index contributed by atoms with van der Waals surface area (Å²) in [5.74, 6) is -1.84. The van der Waals surface area contributed by atoms with Gasteiger partial charge >= 0.3 is 6.09 Å². The molecule has 0 aromatic heterocycles. The normalized spacial score (nSPS) is 12.7. The van der Waals surface area contributed by atoms with E-state index < -0.39 is 48.1 Å². The van der Waals surface area contributed by atoms with Crippen molar-refractivity contribution in [1.82, 2.24) is 10.2 Å². The first-order chi connectivity index (χ1) is 19.8. The SMILES string of the molecule is Cc1ccc(C(C(=O)Nc2ccc3ccccc3c2)N(CCO)C(=O)C(CCC(N)=O)NC(=O)OC(C)(C)C)c(C)c1. The van der Waals surface area contributed by atoms with Crippen molar-refractivity contribution in [1.29, 1.82) is 0 Å². The number of aliphatic hydroxyl groups excluding tert-OH is 1. The molecule has 0 heterocycles. The molecule has 10 nitrogen and oxygen atoms in total. The molecule has 0 spiro atoms. The molecule has 3 aromatic rings. The number of carbonyl (C=O) groups excluding carboxylic acids is 4. The van der Waals surface area contributed by atoms with E-state index in [1.807, 2.05) is 62.4 Å². The van der Waals surface area contributed by atoms with Crippen molar-refractivity contribution in [2.45, 2.75) is 65.1 Å². The highest BCUT2D eigenvalue weighted by molar-refractivity contribution is 6.00. The highest BCUT2D eigenvalue weighted by atomic mass is 16.6. The zero-order valence-electron chi connectivity index (χ0n) is 24.8. The van der Waals surface area contributed by atoms with Crippen molar-refractivity contribution in [2.24, 2.45) is 5.73 Å². The first-order valence-electron chi connectivity index (χ1n) is 13.8. The van der Waals surface area contributed by atoms with E-state index in [-0.39, 0.29) is 19.4 Å². The van der Waals surface area contributed by atoms with Crippen LogP contribution in [0, 0.1) is 13.8 Å². The van der Waals surface area contributed by atoms with Gasteiger partial charge in [0.2, 0.25) is 11.8 Å². The molecule has 42 heavy (non-hydrogen) atoms. The molecule has 5 N–H and O–H groups in total. The number of benzene rings is 3. The Kier molecular flexibility index (Phi) is 10.7. The van der Waals surface area contributed by atoms with E-state index >= 15 is 0 Å². The smallest absolute Gasteiger partial charge is 0.408 e. The van der Waals surface area contributed by atoms with Gasteiger partial charge in [0.25, 0.3) is 5.91 Å². The quantitative estimate of drug-likeness (QED) is 0.270. The number of ether oxygens (including phenoxy) is 1. The number of amides is 4. The number of hydrogen-bond acceptors (Lipinski definition) is 6. The molecule has 0 aliphatic heterocycles. The molecular weight excluding hydrogens is 536 g/mol. The summed E-state index contributed by atoms with van der Waals surface area (Å²) in [5, 5.41) is 17.4. The first-order valence-corrected chi connectivity index (χ1v) is 13.8. The second kappa shape index (κ2) is 14.0. The lowest BCUT2D eigenvalue weighted by atomic mass is 9.96. The third-order valence-electron chi connectivity index (χ3n) is 6.59. The maximum absolute atomic E-state index is 14.1. The fraction of sp³-hybridized carbons (Fsp3) is 0.375. The van der Waals surface area contributed by atoms with E-state index in [1.54, 1.807) is 32.9 Å². The number of alkyl carbamates (subject to hydrolysis) is 1. The van der Waals surface area contributed by atoms with Gasteiger partial charge in [-0.15, -0.1) is 0 Å². The molecule has 0 bridgehead atoms. The number of nitrogens with zero attached hydrogens (tertiary/aromatic N) is 1. The molecule has 224 valence electrons. The van der Waals surface area contributed by atoms with Crippen LogP contribution in [-0.2, 0) is 19.1 Å². The average molecular weight is 577 g/mol. The Morgan fingerprint density at radius 2 is 1.67 bits per heavy atom. The zero-order chi connectivity index (χ0) is 31.0. The van der Waals surface area contributed by atoms with Crippen LogP contribution in [0.15, 0.2) is 60.7 Å². The number of nitrogens with one attached hydrogen (secondary N) is 2. The van der Waals surface area contributed by atoms with Crippen LogP contribution in [0.25, 0.3) is 10.8 Å². The summed E-state index contributed by atoms with van der Waals surface area (Å²) in [6.45, 7) is 8.12. The molecule has 0 radical (unpaired) electrons. The Morgan fingerprint density at radius 1 is 0.976 bits per heavy atom. The number of primary amides is 1. The third kappa shape index (κ3) is 8.78. The number of rotatable bonds is 11. The standard InChI is InChI=1S/C32H40N4O6/c1-20-10-13-25(21(2)18-20)28(29(39)34-24-12-11-22-8-6-7-9-23(22)19-24)36(16-17-37)30(40)26(14-15-27(33)38)35-31(41)42-32(3,4)5/h6-13,18-19,26,28,37H,14-17H2,1-5H3,(H2,33,38)(H,34,39)(H,35,41). The van der Waals surface area contributed by atoms with Crippen LogP contribution in [0.5, 0.6) is 0 Å². The maximum atomic E-state index is 14.1. The van der Waals surface area contributed by atoms with Gasteiger partial charge in [0.05, 0.1) is 6.61 Å². The molecular formula is C32H40N4O6. The number of nitrogens with two attached hydrogens (primary N) is 1. The lowest BCUT2D eigenvalue weighted by Crippen LogP contribution is -2.53. The Morgan fingerprint density at radius 3 is 2.29 bits per heavy atom. The molecule has 0 saturated carbocycles. The van der Waals surface area contributed by atoms with Gasteiger partial charge in [-0.3, -0.25) is 14.4 Å². The molecule has 2 unspecified atom stereocenters. The molecule has 0 saturated heterocycles. The van der Waals surface area contributed by atoms with Crippen molar-refractivity contribution in [2.75, 3.05) is 18.5 Å². The minimum absolute atomic E-state index is 0.124. The second-order valence-electron chi connectivity index (χ2n) is 11.3. The van der Waals surface area contributed by atoms with E-state index in [2.05, 4.69) is 10.6 Å². The molecule has 3 rings (SSSR count). The van der Waals surface area contributed by atoms with Gasteiger partial charge in [-0.1, -0.05) is 54.1 Å². The maximum Gasteiger partial charge on any atom is 0.408 e. The number of fused-ring (bicyclic) bond motifs is 1. The van der Waals surface area contributed by atoms with E-state index in [9.17, 15) is 24.3 Å². The summed E-state index contributed by atoms with van der Waals surface area (Å²) >= 11 is 0. The minimum Gasteiger partial charge on any atom is -0.444 e. The van der Waals surface area contributed by atoms with Crippen LogP contribution in [0.1, 0.15) is 56.3 Å². The fourth-order valence-corrected chi connectivity index (χ4v) is 4.73. The number of aliphatic hydroxyl groups is 1. The van der Waals surface area contributed by atoms with Gasteiger partial charge in [-0.2, -0.15) is 0 Å². The van der Waals surface area contributed by atoms with E-state index in [1.165, 1.54) is 4.90 Å². The number of aryl methyl sites for hydroxylation is 2. The van der Waals surface area contributed by atoms with Crippen molar-refractivity contribution < 1.29 is 29.0 Å². The van der Waals surface area contributed by atoms with Gasteiger partial charge in [-0.25, -0.2) is 4.79 Å². The molecule has 4 amide bonds. The van der Waals surface area contributed by atoms with Crippen LogP contribution >= 0.6 is 0 Å².